The van der Waals surface area contributed by atoms with Crippen LogP contribution in [0.5, 0.6) is 5.88 Å². The van der Waals surface area contributed by atoms with Gasteiger partial charge in [-0.3, -0.25) is 10.00 Å². The highest BCUT2D eigenvalue weighted by Crippen LogP contribution is 2.49. The third-order valence-electron chi connectivity index (χ3n) is 11.1. The van der Waals surface area contributed by atoms with Crippen molar-refractivity contribution in [3.05, 3.63) is 34.2 Å². The third-order valence-corrected chi connectivity index (χ3v) is 11.6. The van der Waals surface area contributed by atoms with Gasteiger partial charge in [-0.2, -0.15) is 5.10 Å². The first-order chi connectivity index (χ1) is 24.1. The summed E-state index contributed by atoms with van der Waals surface area (Å²) in [5.41, 5.74) is 7.27. The molecule has 0 unspecified atom stereocenters. The molecule has 0 bridgehead atoms. The number of aromatic amines is 1. The number of nitrogens with one attached hydrogen (secondary N) is 1. The number of nitrogens with two attached hydrogens (primary N) is 1. The van der Waals surface area contributed by atoms with E-state index in [-0.39, 0.29) is 48.1 Å². The van der Waals surface area contributed by atoms with Crippen LogP contribution in [0.15, 0.2) is 17.3 Å². The molecule has 1 aromatic carbocycles. The maximum Gasteiger partial charge on any atom is 0.227 e. The van der Waals surface area contributed by atoms with Crippen molar-refractivity contribution < 1.29 is 28.4 Å². The Morgan fingerprint density at radius 1 is 1.20 bits per heavy atom. The maximum atomic E-state index is 16.6. The number of nitrogen functional groups attached to an aromatic ring is 1. The van der Waals surface area contributed by atoms with E-state index in [9.17, 15) is 5.11 Å². The number of piperidine rings is 1. The van der Waals surface area contributed by atoms with Gasteiger partial charge in [0.15, 0.2) is 5.82 Å². The predicted octanol–water partition coefficient (Wildman–Crippen LogP) is 4.93. The molecule has 7 rings (SSSR count). The SMILES string of the molecule is COc1nc(-c2c(Cl)c(C)cc3[nH]ncc23)c(F)c(N)c1/C(=N\COC[C@]12CCC[C@H]1N(C1CCOCC1)CCC2)N1CCOC[C@@](C)(O)C1. The zero-order chi connectivity index (χ0) is 35.0. The summed E-state index contributed by atoms with van der Waals surface area (Å²) in [6.45, 7) is 7.95. The third kappa shape index (κ3) is 6.68. The quantitative estimate of drug-likeness (QED) is 0.167. The number of aliphatic imine (C=N–C) groups is 1. The zero-order valence-electron chi connectivity index (χ0n) is 29.3. The number of aromatic nitrogens is 3. The van der Waals surface area contributed by atoms with Crippen LogP contribution in [0, 0.1) is 18.2 Å². The summed E-state index contributed by atoms with van der Waals surface area (Å²) >= 11 is 6.77. The van der Waals surface area contributed by atoms with Crippen molar-refractivity contribution >= 4 is 34.0 Å². The Labute approximate surface area is 297 Å². The molecule has 2 aromatic heterocycles. The molecule has 0 amide bonds. The molecule has 272 valence electrons. The fraction of sp³-hybridized carbons (Fsp3) is 0.639. The largest absolute Gasteiger partial charge is 0.480 e. The first-order valence-corrected chi connectivity index (χ1v) is 18.2. The van der Waals surface area contributed by atoms with Crippen LogP contribution in [-0.4, -0.2) is 120 Å². The molecule has 50 heavy (non-hydrogen) atoms. The van der Waals surface area contributed by atoms with Crippen molar-refractivity contribution in [1.82, 2.24) is 25.0 Å². The average molecular weight is 714 g/mol. The molecule has 1 saturated carbocycles. The van der Waals surface area contributed by atoms with E-state index in [0.29, 0.717) is 59.2 Å². The Balaban J connectivity index is 1.22. The molecular formula is C36H49ClFN7O5. The smallest absolute Gasteiger partial charge is 0.227 e. The lowest BCUT2D eigenvalue weighted by Crippen LogP contribution is -2.56. The van der Waals surface area contributed by atoms with Crippen LogP contribution in [0.2, 0.25) is 5.02 Å². The number of methoxy groups -OCH3 is 1. The summed E-state index contributed by atoms with van der Waals surface area (Å²) in [4.78, 5) is 14.2. The van der Waals surface area contributed by atoms with Crippen molar-refractivity contribution in [1.29, 1.82) is 0 Å². The van der Waals surface area contributed by atoms with Crippen molar-refractivity contribution in [2.75, 3.05) is 72.2 Å². The standard InChI is InChI=1S/C36H49ClFN7O5/c1-22-16-25-24(17-41-43-25)27(29(22)37)32-30(38)31(39)28(34(42-32)47-3)33(44-12-15-49-19-35(2,46)18-44)40-21-50-20-36-9-4-6-26(36)45(11-5-10-36)23-7-13-48-14-8-23/h16-17,23,26,46H,4-15,18-21H2,1-3H3,(H2,39,42)(H,41,43)/b40-33+/t26-,35+,36-/m1/s1. The number of ether oxygens (including phenoxy) is 4. The normalized spacial score (nSPS) is 27.1. The van der Waals surface area contributed by atoms with Gasteiger partial charge in [0.2, 0.25) is 5.88 Å². The van der Waals surface area contributed by atoms with Gasteiger partial charge in [0, 0.05) is 48.2 Å². The number of pyridine rings is 1. The summed E-state index contributed by atoms with van der Waals surface area (Å²) in [5.74, 6) is -0.365. The highest BCUT2D eigenvalue weighted by Gasteiger charge is 2.49. The lowest BCUT2D eigenvalue weighted by atomic mass is 9.74. The highest BCUT2D eigenvalue weighted by atomic mass is 35.5. The van der Waals surface area contributed by atoms with Crippen LogP contribution in [0.4, 0.5) is 10.1 Å². The van der Waals surface area contributed by atoms with Crippen LogP contribution in [0.1, 0.15) is 63.0 Å². The Morgan fingerprint density at radius 2 is 2.00 bits per heavy atom. The number of likely N-dealkylation sites (tertiary alicyclic amines) is 1. The summed E-state index contributed by atoms with van der Waals surface area (Å²) in [6.07, 6.45) is 9.52. The Hall–Kier alpha value is -3.07. The topological polar surface area (TPSA) is 144 Å². The van der Waals surface area contributed by atoms with Gasteiger partial charge in [-0.15, -0.1) is 0 Å². The van der Waals surface area contributed by atoms with Crippen LogP contribution < -0.4 is 10.5 Å². The first-order valence-electron chi connectivity index (χ1n) is 17.8. The Bertz CT molecular complexity index is 1730. The average Bonchev–Trinajstić information content (AvgIpc) is 3.71. The molecular weight excluding hydrogens is 665 g/mol. The van der Waals surface area contributed by atoms with Gasteiger partial charge in [-0.25, -0.2) is 14.4 Å². The predicted molar refractivity (Wildman–Crippen MR) is 190 cm³/mol. The van der Waals surface area contributed by atoms with Gasteiger partial charge in [0.05, 0.1) is 55.9 Å². The van der Waals surface area contributed by atoms with Crippen molar-refractivity contribution in [2.45, 2.75) is 76.5 Å². The van der Waals surface area contributed by atoms with E-state index >= 15 is 4.39 Å². The number of aliphatic hydroxyl groups is 1. The molecule has 12 nitrogen and oxygen atoms in total. The van der Waals surface area contributed by atoms with Gasteiger partial charge < -0.3 is 34.7 Å². The second kappa shape index (κ2) is 14.5. The Morgan fingerprint density at radius 3 is 2.80 bits per heavy atom. The monoisotopic (exact) mass is 713 g/mol. The first kappa shape index (κ1) is 35.3. The van der Waals surface area contributed by atoms with E-state index in [1.54, 1.807) is 13.1 Å². The molecule has 1 aliphatic carbocycles. The fourth-order valence-electron chi connectivity index (χ4n) is 8.79. The van der Waals surface area contributed by atoms with E-state index in [1.807, 2.05) is 17.9 Å². The van der Waals surface area contributed by atoms with Gasteiger partial charge >= 0.3 is 0 Å². The molecule has 4 fully saturated rings. The van der Waals surface area contributed by atoms with Gasteiger partial charge in [0.1, 0.15) is 29.4 Å². The van der Waals surface area contributed by atoms with Crippen LogP contribution in [0.25, 0.3) is 22.2 Å². The zero-order valence-corrected chi connectivity index (χ0v) is 30.0. The number of β-amino-alcohol motifs (C(OH)–C–C–N with tert-alkyl or cyclic N) is 1. The number of benzene rings is 1. The molecule has 4 N–H and O–H groups in total. The molecule has 0 radical (unpaired) electrons. The van der Waals surface area contributed by atoms with E-state index < -0.39 is 11.4 Å². The van der Waals surface area contributed by atoms with Crippen LogP contribution in [-0.2, 0) is 14.2 Å². The van der Waals surface area contributed by atoms with Crippen LogP contribution in [0.3, 0.4) is 0 Å². The molecule has 3 aliphatic heterocycles. The summed E-state index contributed by atoms with van der Waals surface area (Å²) in [6, 6.07) is 2.90. The van der Waals surface area contributed by atoms with E-state index in [1.165, 1.54) is 20.0 Å². The minimum Gasteiger partial charge on any atom is -0.480 e. The van der Waals surface area contributed by atoms with Gasteiger partial charge in [0.25, 0.3) is 0 Å². The number of amidine groups is 1. The van der Waals surface area contributed by atoms with Gasteiger partial charge in [-0.05, 0) is 70.5 Å². The minimum absolute atomic E-state index is 0.0197. The number of aryl methyl sites for hydroxylation is 1. The molecule has 14 heteroatoms. The highest BCUT2D eigenvalue weighted by molar-refractivity contribution is 6.35. The van der Waals surface area contributed by atoms with E-state index in [2.05, 4.69) is 20.1 Å². The lowest BCUT2D eigenvalue weighted by molar-refractivity contribution is -0.0678. The lowest BCUT2D eigenvalue weighted by Gasteiger charge is -2.50. The van der Waals surface area contributed by atoms with Crippen molar-refractivity contribution in [3.8, 4) is 17.1 Å². The number of anilines is 1. The summed E-state index contributed by atoms with van der Waals surface area (Å²) in [5, 5.41) is 19.1. The number of hydrogen-bond acceptors (Lipinski definition) is 10. The molecule has 4 aliphatic rings. The summed E-state index contributed by atoms with van der Waals surface area (Å²) in [7, 11) is 1.46. The Kier molecular flexibility index (Phi) is 10.3. The van der Waals surface area contributed by atoms with Crippen LogP contribution >= 0.6 is 11.6 Å². The summed E-state index contributed by atoms with van der Waals surface area (Å²) < 4.78 is 40.3. The number of fused-ring (bicyclic) bond motifs is 2. The van der Waals surface area contributed by atoms with Gasteiger partial charge in [-0.1, -0.05) is 18.0 Å². The second-order valence-electron chi connectivity index (χ2n) is 14.7. The molecule has 3 atom stereocenters. The number of hydrogen-bond donors (Lipinski definition) is 3. The number of halogens is 2. The van der Waals surface area contributed by atoms with Crippen molar-refractivity contribution in [3.63, 3.8) is 0 Å². The van der Waals surface area contributed by atoms with E-state index in [0.717, 1.165) is 57.4 Å². The second-order valence-corrected chi connectivity index (χ2v) is 15.0. The molecule has 5 heterocycles. The maximum absolute atomic E-state index is 16.6. The minimum atomic E-state index is -1.19. The molecule has 3 saturated heterocycles. The number of nitrogens with zero attached hydrogens (tertiary/aromatic N) is 5. The number of H-pyrrole nitrogens is 1. The van der Waals surface area contributed by atoms with E-state index in [4.69, 9.17) is 41.3 Å². The molecule has 0 spiro atoms. The number of rotatable bonds is 8. The van der Waals surface area contributed by atoms with Crippen molar-refractivity contribution in [2.24, 2.45) is 10.4 Å². The fourth-order valence-corrected chi connectivity index (χ4v) is 9.04. The molecule has 3 aromatic rings.